The summed E-state index contributed by atoms with van der Waals surface area (Å²) >= 11 is 0. The van der Waals surface area contributed by atoms with Gasteiger partial charge >= 0.3 is 0 Å². The van der Waals surface area contributed by atoms with E-state index in [0.29, 0.717) is 0 Å². The average molecular weight is 233 g/mol. The molecular formula is C15H23NO. The summed E-state index contributed by atoms with van der Waals surface area (Å²) in [6.07, 6.45) is 1.47. The summed E-state index contributed by atoms with van der Waals surface area (Å²) in [4.78, 5) is 4.47. The molecule has 0 atom stereocenters. The van der Waals surface area contributed by atoms with E-state index in [4.69, 9.17) is 0 Å². The van der Waals surface area contributed by atoms with E-state index in [0.717, 1.165) is 35.4 Å². The molecule has 94 valence electrons. The van der Waals surface area contributed by atoms with Gasteiger partial charge in [0.05, 0.1) is 11.3 Å². The van der Waals surface area contributed by atoms with Crippen LogP contribution in [0.25, 0.3) is 0 Å². The van der Waals surface area contributed by atoms with Crippen LogP contribution in [0.2, 0.25) is 0 Å². The summed E-state index contributed by atoms with van der Waals surface area (Å²) < 4.78 is 0. The van der Waals surface area contributed by atoms with Gasteiger partial charge in [-0.3, -0.25) is 4.99 Å². The maximum absolute atomic E-state index is 10.5. The first-order valence-corrected chi connectivity index (χ1v) is 6.28. The van der Waals surface area contributed by atoms with Gasteiger partial charge in [0.1, 0.15) is 0 Å². The average Bonchev–Trinajstić information content (AvgIpc) is 2.30. The van der Waals surface area contributed by atoms with Crippen LogP contribution in [0.5, 0.6) is 0 Å². The number of benzene rings is 1. The Hall–Kier alpha value is -1.15. The SMILES string of the molecule is CCC(O)(CC)c1ccc(N=C(C)C)c(C)c1. The van der Waals surface area contributed by atoms with E-state index < -0.39 is 5.60 Å². The Bertz CT molecular complexity index is 413. The second-order valence-electron chi connectivity index (χ2n) is 4.80. The third kappa shape index (κ3) is 3.16. The van der Waals surface area contributed by atoms with Gasteiger partial charge in [0.2, 0.25) is 0 Å². The van der Waals surface area contributed by atoms with E-state index >= 15 is 0 Å². The summed E-state index contributed by atoms with van der Waals surface area (Å²) in [7, 11) is 0. The number of hydrogen-bond acceptors (Lipinski definition) is 2. The Morgan fingerprint density at radius 3 is 2.24 bits per heavy atom. The number of aryl methyl sites for hydroxylation is 1. The van der Waals surface area contributed by atoms with E-state index in [1.54, 1.807) is 0 Å². The molecule has 0 unspecified atom stereocenters. The minimum atomic E-state index is -0.700. The minimum Gasteiger partial charge on any atom is -0.385 e. The van der Waals surface area contributed by atoms with Crippen molar-refractivity contribution >= 4 is 11.4 Å². The third-order valence-corrected chi connectivity index (χ3v) is 3.25. The lowest BCUT2D eigenvalue weighted by atomic mass is 9.87. The van der Waals surface area contributed by atoms with E-state index in [-0.39, 0.29) is 0 Å². The molecule has 0 fully saturated rings. The van der Waals surface area contributed by atoms with E-state index in [9.17, 15) is 5.11 Å². The van der Waals surface area contributed by atoms with Gasteiger partial charge in [-0.05, 0) is 50.8 Å². The molecule has 0 aliphatic rings. The monoisotopic (exact) mass is 233 g/mol. The van der Waals surface area contributed by atoms with Crippen LogP contribution in [-0.2, 0) is 5.60 Å². The maximum Gasteiger partial charge on any atom is 0.0891 e. The molecule has 1 N–H and O–H groups in total. The zero-order valence-electron chi connectivity index (χ0n) is 11.5. The van der Waals surface area contributed by atoms with Crippen molar-refractivity contribution in [3.63, 3.8) is 0 Å². The van der Waals surface area contributed by atoms with Gasteiger partial charge in [0.25, 0.3) is 0 Å². The van der Waals surface area contributed by atoms with Crippen LogP contribution in [0.3, 0.4) is 0 Å². The lowest BCUT2D eigenvalue weighted by Crippen LogP contribution is -2.23. The molecule has 0 aliphatic heterocycles. The van der Waals surface area contributed by atoms with Gasteiger partial charge in [0, 0.05) is 5.71 Å². The highest BCUT2D eigenvalue weighted by Gasteiger charge is 2.24. The van der Waals surface area contributed by atoms with Gasteiger partial charge in [0.15, 0.2) is 0 Å². The Labute approximate surface area is 104 Å². The van der Waals surface area contributed by atoms with Crippen LogP contribution >= 0.6 is 0 Å². The van der Waals surface area contributed by atoms with E-state index in [1.807, 2.05) is 46.8 Å². The van der Waals surface area contributed by atoms with Gasteiger partial charge in [-0.1, -0.05) is 26.0 Å². The number of nitrogens with zero attached hydrogens (tertiary/aromatic N) is 1. The molecule has 2 heteroatoms. The van der Waals surface area contributed by atoms with Gasteiger partial charge in [-0.25, -0.2) is 0 Å². The number of rotatable bonds is 4. The molecule has 0 radical (unpaired) electrons. The standard InChI is InChI=1S/C15H23NO/c1-6-15(17,7-2)13-8-9-14(12(5)10-13)16-11(3)4/h8-10,17H,6-7H2,1-5H3. The number of aliphatic hydroxyl groups is 1. The summed E-state index contributed by atoms with van der Waals surface area (Å²) in [5, 5.41) is 10.5. The largest absolute Gasteiger partial charge is 0.385 e. The van der Waals surface area contributed by atoms with Crippen LogP contribution < -0.4 is 0 Å². The minimum absolute atomic E-state index is 0.700. The highest BCUT2D eigenvalue weighted by molar-refractivity contribution is 5.82. The fourth-order valence-corrected chi connectivity index (χ4v) is 1.97. The predicted octanol–water partition coefficient (Wildman–Crippen LogP) is 4.11. The summed E-state index contributed by atoms with van der Waals surface area (Å²) in [6.45, 7) is 10.0. The van der Waals surface area contributed by atoms with Crippen molar-refractivity contribution < 1.29 is 5.11 Å². The topological polar surface area (TPSA) is 32.6 Å². The molecule has 2 nitrogen and oxygen atoms in total. The van der Waals surface area contributed by atoms with E-state index in [2.05, 4.69) is 11.1 Å². The zero-order chi connectivity index (χ0) is 13.1. The molecule has 0 saturated carbocycles. The van der Waals surface area contributed by atoms with Crippen LogP contribution in [0.4, 0.5) is 5.69 Å². The number of aliphatic imine (C=N–C) groups is 1. The first-order valence-electron chi connectivity index (χ1n) is 6.28. The first kappa shape index (κ1) is 13.9. The van der Waals surface area contributed by atoms with Gasteiger partial charge in [-0.15, -0.1) is 0 Å². The lowest BCUT2D eigenvalue weighted by Gasteiger charge is -2.26. The Kier molecular flexibility index (Phi) is 4.47. The molecule has 0 saturated heterocycles. The Balaban J connectivity index is 3.17. The van der Waals surface area contributed by atoms with Crippen molar-refractivity contribution in [2.45, 2.75) is 53.1 Å². The molecule has 0 aliphatic carbocycles. The van der Waals surface area contributed by atoms with Crippen molar-refractivity contribution in [1.29, 1.82) is 0 Å². The molecule has 1 aromatic rings. The highest BCUT2D eigenvalue weighted by atomic mass is 16.3. The van der Waals surface area contributed by atoms with Crippen molar-refractivity contribution in [1.82, 2.24) is 0 Å². The molecule has 1 rings (SSSR count). The number of hydrogen-bond donors (Lipinski definition) is 1. The van der Waals surface area contributed by atoms with Crippen molar-refractivity contribution in [3.8, 4) is 0 Å². The Morgan fingerprint density at radius 1 is 1.24 bits per heavy atom. The predicted molar refractivity (Wildman–Crippen MR) is 74.1 cm³/mol. The molecular weight excluding hydrogens is 210 g/mol. The highest BCUT2D eigenvalue weighted by Crippen LogP contribution is 2.31. The third-order valence-electron chi connectivity index (χ3n) is 3.25. The second-order valence-corrected chi connectivity index (χ2v) is 4.80. The van der Waals surface area contributed by atoms with Gasteiger partial charge < -0.3 is 5.11 Å². The smallest absolute Gasteiger partial charge is 0.0891 e. The quantitative estimate of drug-likeness (QED) is 0.780. The van der Waals surface area contributed by atoms with Gasteiger partial charge in [-0.2, -0.15) is 0 Å². The molecule has 0 aromatic heterocycles. The summed E-state index contributed by atoms with van der Waals surface area (Å²) in [5.74, 6) is 0. The van der Waals surface area contributed by atoms with Crippen molar-refractivity contribution in [2.24, 2.45) is 4.99 Å². The lowest BCUT2D eigenvalue weighted by molar-refractivity contribution is 0.0283. The molecule has 0 spiro atoms. The van der Waals surface area contributed by atoms with Crippen molar-refractivity contribution in [2.75, 3.05) is 0 Å². The van der Waals surface area contributed by atoms with Crippen LogP contribution in [-0.4, -0.2) is 10.8 Å². The first-order chi connectivity index (χ1) is 7.92. The maximum atomic E-state index is 10.5. The second kappa shape index (κ2) is 5.46. The molecule has 0 bridgehead atoms. The molecule has 1 aromatic carbocycles. The van der Waals surface area contributed by atoms with Crippen molar-refractivity contribution in [3.05, 3.63) is 29.3 Å². The van der Waals surface area contributed by atoms with E-state index in [1.165, 1.54) is 0 Å². The summed E-state index contributed by atoms with van der Waals surface area (Å²) in [5.41, 5.74) is 3.44. The van der Waals surface area contributed by atoms with Crippen LogP contribution in [0.15, 0.2) is 23.2 Å². The van der Waals surface area contributed by atoms with Crippen LogP contribution in [0, 0.1) is 6.92 Å². The fraction of sp³-hybridized carbons (Fsp3) is 0.533. The zero-order valence-corrected chi connectivity index (χ0v) is 11.5. The summed E-state index contributed by atoms with van der Waals surface area (Å²) in [6, 6.07) is 6.03. The normalized spacial score (nSPS) is 11.4. The molecule has 0 heterocycles. The molecule has 17 heavy (non-hydrogen) atoms. The van der Waals surface area contributed by atoms with Crippen LogP contribution in [0.1, 0.15) is 51.7 Å². The fourth-order valence-electron chi connectivity index (χ4n) is 1.97. The molecule has 0 amide bonds. The Morgan fingerprint density at radius 2 is 1.82 bits per heavy atom.